The van der Waals surface area contributed by atoms with Crippen molar-refractivity contribution in [3.8, 4) is 0 Å². The van der Waals surface area contributed by atoms with Crippen molar-refractivity contribution >= 4 is 24.2 Å². The number of rotatable bonds is 3. The molecule has 0 spiro atoms. The molecule has 1 aromatic rings. The summed E-state index contributed by atoms with van der Waals surface area (Å²) in [4.78, 5) is 30.2. The van der Waals surface area contributed by atoms with Crippen LogP contribution in [0.1, 0.15) is 36.7 Å². The number of imidazole rings is 1. The minimum absolute atomic E-state index is 0. The van der Waals surface area contributed by atoms with E-state index in [4.69, 9.17) is 4.74 Å². The van der Waals surface area contributed by atoms with Gasteiger partial charge in [-0.25, -0.2) is 9.59 Å². The maximum absolute atomic E-state index is 11.7. The van der Waals surface area contributed by atoms with Crippen molar-refractivity contribution in [2.45, 2.75) is 26.2 Å². The van der Waals surface area contributed by atoms with Gasteiger partial charge in [-0.2, -0.15) is 0 Å². The molecule has 6 nitrogen and oxygen atoms in total. The molecule has 102 valence electrons. The second kappa shape index (κ2) is 6.49. The summed E-state index contributed by atoms with van der Waals surface area (Å²) in [5.41, 5.74) is -0.132. The quantitative estimate of drug-likeness (QED) is 0.815. The molecule has 0 radical (unpaired) electrons. The molecule has 7 heteroatoms. The first-order valence-electron chi connectivity index (χ1n) is 5.96. The Bertz CT molecular complexity index is 449. The minimum Gasteiger partial charge on any atom is -0.461 e. The van der Waals surface area contributed by atoms with Gasteiger partial charge in [0, 0.05) is 13.1 Å². The molecule has 0 bridgehead atoms. The lowest BCUT2D eigenvalue weighted by atomic mass is 10.1. The van der Waals surface area contributed by atoms with Crippen LogP contribution in [0.5, 0.6) is 0 Å². The van der Waals surface area contributed by atoms with Crippen molar-refractivity contribution in [2.75, 3.05) is 24.6 Å². The third-order valence-corrected chi connectivity index (χ3v) is 2.86. The highest BCUT2D eigenvalue weighted by Gasteiger charge is 2.22. The maximum Gasteiger partial charge on any atom is 0.358 e. The van der Waals surface area contributed by atoms with Gasteiger partial charge in [-0.05, 0) is 26.2 Å². The Kier molecular flexibility index (Phi) is 5.27. The van der Waals surface area contributed by atoms with Gasteiger partial charge in [-0.3, -0.25) is 9.97 Å². The van der Waals surface area contributed by atoms with Crippen LogP contribution in [-0.2, 0) is 4.74 Å². The Morgan fingerprint density at radius 2 is 1.94 bits per heavy atom. The smallest absolute Gasteiger partial charge is 0.358 e. The third kappa shape index (κ3) is 3.07. The zero-order valence-electron chi connectivity index (χ0n) is 10.3. The van der Waals surface area contributed by atoms with E-state index in [9.17, 15) is 9.59 Å². The van der Waals surface area contributed by atoms with Crippen molar-refractivity contribution in [2.24, 2.45) is 0 Å². The minimum atomic E-state index is -0.480. The topological polar surface area (TPSA) is 78.2 Å². The second-order valence-electron chi connectivity index (χ2n) is 4.07. The lowest BCUT2D eigenvalue weighted by molar-refractivity contribution is 0.0520. The van der Waals surface area contributed by atoms with Crippen molar-refractivity contribution in [3.63, 3.8) is 0 Å². The Balaban J connectivity index is 0.00000162. The number of halogens is 1. The van der Waals surface area contributed by atoms with Crippen molar-refractivity contribution in [1.82, 2.24) is 9.97 Å². The fraction of sp³-hybridized carbons (Fsp3) is 0.636. The third-order valence-electron chi connectivity index (χ3n) is 2.86. The number of ether oxygens (including phenoxy) is 1. The van der Waals surface area contributed by atoms with E-state index in [1.54, 1.807) is 6.92 Å². The van der Waals surface area contributed by atoms with E-state index in [0.717, 1.165) is 25.9 Å². The fourth-order valence-electron chi connectivity index (χ4n) is 2.08. The monoisotopic (exact) mass is 275 g/mol. The molecule has 0 atom stereocenters. The molecule has 0 unspecified atom stereocenters. The van der Waals surface area contributed by atoms with Gasteiger partial charge < -0.3 is 9.64 Å². The summed E-state index contributed by atoms with van der Waals surface area (Å²) in [6.45, 7) is 3.76. The van der Waals surface area contributed by atoms with Crippen LogP contribution in [0.4, 0.5) is 5.82 Å². The lowest BCUT2D eigenvalue weighted by Crippen LogP contribution is -2.31. The van der Waals surface area contributed by atoms with Crippen LogP contribution in [0.2, 0.25) is 0 Å². The summed E-state index contributed by atoms with van der Waals surface area (Å²) in [5, 5.41) is 0. The number of anilines is 1. The number of piperidine rings is 1. The zero-order valence-corrected chi connectivity index (χ0v) is 11.1. The summed E-state index contributed by atoms with van der Waals surface area (Å²) in [5.74, 6) is 0.0829. The molecule has 2 heterocycles. The molecule has 2 N–H and O–H groups in total. The number of hydrogen-bond donors (Lipinski definition) is 2. The Morgan fingerprint density at radius 3 is 2.56 bits per heavy atom. The number of H-pyrrole nitrogens is 2. The predicted octanol–water partition coefficient (Wildman–Crippen LogP) is 1.29. The van der Waals surface area contributed by atoms with E-state index in [1.165, 1.54) is 6.42 Å². The van der Waals surface area contributed by atoms with Crippen LogP contribution in [0.25, 0.3) is 0 Å². The molecule has 0 aliphatic carbocycles. The van der Waals surface area contributed by atoms with E-state index in [2.05, 4.69) is 9.97 Å². The van der Waals surface area contributed by atoms with Gasteiger partial charge in [-0.1, -0.05) is 0 Å². The fourth-order valence-corrected chi connectivity index (χ4v) is 2.08. The van der Waals surface area contributed by atoms with Crippen molar-refractivity contribution in [3.05, 3.63) is 16.2 Å². The first-order valence-corrected chi connectivity index (χ1v) is 5.96. The molecule has 2 rings (SSSR count). The molecule has 1 saturated heterocycles. The van der Waals surface area contributed by atoms with Gasteiger partial charge in [-0.15, -0.1) is 12.4 Å². The van der Waals surface area contributed by atoms with Crippen LogP contribution in [0, 0.1) is 0 Å². The highest BCUT2D eigenvalue weighted by Crippen LogP contribution is 2.20. The normalized spacial score (nSPS) is 15.1. The van der Waals surface area contributed by atoms with Gasteiger partial charge in [0.05, 0.1) is 6.61 Å². The lowest BCUT2D eigenvalue weighted by Gasteiger charge is -2.27. The van der Waals surface area contributed by atoms with Crippen LogP contribution in [0.3, 0.4) is 0 Å². The van der Waals surface area contributed by atoms with E-state index in [-0.39, 0.29) is 23.8 Å². The summed E-state index contributed by atoms with van der Waals surface area (Å²) in [6, 6.07) is 0. The van der Waals surface area contributed by atoms with Crippen LogP contribution >= 0.6 is 12.4 Å². The van der Waals surface area contributed by atoms with E-state index >= 15 is 0 Å². The van der Waals surface area contributed by atoms with E-state index in [1.807, 2.05) is 4.90 Å². The summed E-state index contributed by atoms with van der Waals surface area (Å²) < 4.78 is 4.92. The predicted molar refractivity (Wildman–Crippen MR) is 70.7 cm³/mol. The molecule has 0 amide bonds. The highest BCUT2D eigenvalue weighted by atomic mass is 35.5. The SMILES string of the molecule is CCOC(=O)c1[nH]c(=O)[nH]c1N1CCCCC1.Cl. The zero-order chi connectivity index (χ0) is 12.3. The second-order valence-corrected chi connectivity index (χ2v) is 4.07. The number of carbonyl (C=O) groups excluding carboxylic acids is 1. The molecule has 0 aromatic carbocycles. The average Bonchev–Trinajstić information content (AvgIpc) is 2.73. The molecule has 1 fully saturated rings. The van der Waals surface area contributed by atoms with Gasteiger partial charge in [0.15, 0.2) is 5.69 Å². The van der Waals surface area contributed by atoms with Crippen molar-refractivity contribution in [1.29, 1.82) is 0 Å². The number of hydrogen-bond acceptors (Lipinski definition) is 4. The Labute approximate surface area is 111 Å². The standard InChI is InChI=1S/C11H17N3O3.ClH/c1-2-17-10(15)8-9(13-11(16)12-8)14-6-4-3-5-7-14;/h2-7H2,1H3,(H2,12,13,16);1H. The largest absolute Gasteiger partial charge is 0.461 e. The van der Waals surface area contributed by atoms with Crippen LogP contribution in [-0.4, -0.2) is 35.6 Å². The Morgan fingerprint density at radius 1 is 1.28 bits per heavy atom. The van der Waals surface area contributed by atoms with E-state index in [0.29, 0.717) is 12.4 Å². The van der Waals surface area contributed by atoms with Gasteiger partial charge in [0.2, 0.25) is 0 Å². The number of aromatic amines is 2. The highest BCUT2D eigenvalue weighted by molar-refractivity contribution is 5.92. The summed E-state index contributed by atoms with van der Waals surface area (Å²) in [6.07, 6.45) is 3.35. The van der Waals surface area contributed by atoms with Gasteiger partial charge >= 0.3 is 11.7 Å². The number of aromatic nitrogens is 2. The number of carbonyl (C=O) groups is 1. The molecule has 1 aliphatic heterocycles. The van der Waals surface area contributed by atoms with Gasteiger partial charge in [0.1, 0.15) is 5.82 Å². The molecule has 0 saturated carbocycles. The molecular formula is C11H18ClN3O3. The summed E-state index contributed by atoms with van der Waals surface area (Å²) in [7, 11) is 0. The van der Waals surface area contributed by atoms with E-state index < -0.39 is 5.97 Å². The average molecular weight is 276 g/mol. The molecule has 18 heavy (non-hydrogen) atoms. The maximum atomic E-state index is 11.7. The van der Waals surface area contributed by atoms with Crippen molar-refractivity contribution < 1.29 is 9.53 Å². The van der Waals surface area contributed by atoms with Crippen LogP contribution < -0.4 is 10.6 Å². The number of nitrogens with zero attached hydrogens (tertiary/aromatic N) is 1. The molecular weight excluding hydrogens is 258 g/mol. The first-order chi connectivity index (χ1) is 8.22. The molecule has 1 aromatic heterocycles. The first kappa shape index (κ1) is 14.6. The number of nitrogens with one attached hydrogen (secondary N) is 2. The summed E-state index contributed by atoms with van der Waals surface area (Å²) >= 11 is 0. The van der Waals surface area contributed by atoms with Crippen LogP contribution in [0.15, 0.2) is 4.79 Å². The number of esters is 1. The Hall–Kier alpha value is -1.43. The molecule has 1 aliphatic rings. The van der Waals surface area contributed by atoms with Gasteiger partial charge in [0.25, 0.3) is 0 Å².